The lowest BCUT2D eigenvalue weighted by Crippen LogP contribution is -2.50. The maximum Gasteiger partial charge on any atom is 0.255 e. The zero-order chi connectivity index (χ0) is 22.7. The first kappa shape index (κ1) is 22.7. The van der Waals surface area contributed by atoms with E-state index in [1.165, 1.54) is 17.1 Å². The number of carbonyl (C=O) groups excluding carboxylic acids is 1. The van der Waals surface area contributed by atoms with Crippen LogP contribution in [0.3, 0.4) is 0 Å². The van der Waals surface area contributed by atoms with E-state index in [-0.39, 0.29) is 5.91 Å². The first-order chi connectivity index (χ1) is 15.4. The van der Waals surface area contributed by atoms with Crippen molar-refractivity contribution in [2.75, 3.05) is 44.2 Å². The Morgan fingerprint density at radius 2 is 1.62 bits per heavy atom. The largest absolute Gasteiger partial charge is 0.357 e. The number of benzene rings is 1. The summed E-state index contributed by atoms with van der Waals surface area (Å²) in [5.41, 5.74) is 1.69. The third kappa shape index (κ3) is 4.66. The number of aromatic nitrogens is 1. The van der Waals surface area contributed by atoms with Gasteiger partial charge in [0.05, 0.1) is 10.5 Å². The summed E-state index contributed by atoms with van der Waals surface area (Å²) in [4.78, 5) is 21.6. The number of carbonyl (C=O) groups is 1. The summed E-state index contributed by atoms with van der Waals surface area (Å²) < 4.78 is 27.6. The van der Waals surface area contributed by atoms with Gasteiger partial charge in [0.2, 0.25) is 10.0 Å². The highest BCUT2D eigenvalue weighted by atomic mass is 32.2. The fourth-order valence-corrected chi connectivity index (χ4v) is 5.74. The SMILES string of the molecule is CCC(C)c1ccc(S(=O)(=O)N2CCN(C(=O)c3ccc(N4CCCC4)nc3)CC2)cc1. The maximum atomic E-state index is 13.1. The number of nitrogens with zero attached hydrogens (tertiary/aromatic N) is 4. The van der Waals surface area contributed by atoms with Crippen molar-refractivity contribution in [2.45, 2.75) is 43.9 Å². The first-order valence-electron chi connectivity index (χ1n) is 11.5. The van der Waals surface area contributed by atoms with E-state index in [2.05, 4.69) is 23.7 Å². The Hall–Kier alpha value is -2.45. The predicted octanol–water partition coefficient (Wildman–Crippen LogP) is 3.34. The van der Waals surface area contributed by atoms with Gasteiger partial charge in [-0.25, -0.2) is 13.4 Å². The standard InChI is InChI=1S/C24H32N4O3S/c1-3-19(2)20-6-9-22(10-7-20)32(30,31)28-16-14-27(15-17-28)24(29)21-8-11-23(25-18-21)26-12-4-5-13-26/h6-11,18-19H,3-5,12-17H2,1-2H3. The van der Waals surface area contributed by atoms with Crippen molar-refractivity contribution in [1.82, 2.24) is 14.2 Å². The molecule has 2 aliphatic heterocycles. The highest BCUT2D eigenvalue weighted by molar-refractivity contribution is 7.89. The minimum absolute atomic E-state index is 0.0968. The van der Waals surface area contributed by atoms with E-state index in [4.69, 9.17) is 0 Å². The molecule has 1 atom stereocenters. The fraction of sp³-hybridized carbons (Fsp3) is 0.500. The lowest BCUT2D eigenvalue weighted by Gasteiger charge is -2.34. The van der Waals surface area contributed by atoms with Crippen LogP contribution < -0.4 is 4.90 Å². The van der Waals surface area contributed by atoms with Crippen molar-refractivity contribution < 1.29 is 13.2 Å². The molecular formula is C24H32N4O3S. The van der Waals surface area contributed by atoms with Gasteiger partial charge in [0.1, 0.15) is 5.82 Å². The van der Waals surface area contributed by atoms with Gasteiger partial charge < -0.3 is 9.80 Å². The second-order valence-corrected chi connectivity index (χ2v) is 10.6. The third-order valence-electron chi connectivity index (χ3n) is 6.65. The lowest BCUT2D eigenvalue weighted by molar-refractivity contribution is 0.0697. The molecule has 0 N–H and O–H groups in total. The normalized spacial score (nSPS) is 18.7. The summed E-state index contributed by atoms with van der Waals surface area (Å²) in [6, 6.07) is 10.9. The van der Waals surface area contributed by atoms with Crippen molar-refractivity contribution in [3.8, 4) is 0 Å². The van der Waals surface area contributed by atoms with Crippen LogP contribution in [0.15, 0.2) is 47.5 Å². The Morgan fingerprint density at radius 3 is 2.19 bits per heavy atom. The maximum absolute atomic E-state index is 13.1. The number of amides is 1. The van der Waals surface area contributed by atoms with Gasteiger partial charge in [-0.05, 0) is 55.0 Å². The summed E-state index contributed by atoms with van der Waals surface area (Å²) in [5.74, 6) is 1.22. The van der Waals surface area contributed by atoms with E-state index >= 15 is 0 Å². The Labute approximate surface area is 191 Å². The van der Waals surface area contributed by atoms with Gasteiger partial charge >= 0.3 is 0 Å². The van der Waals surface area contributed by atoms with Crippen LogP contribution in [0.2, 0.25) is 0 Å². The summed E-state index contributed by atoms with van der Waals surface area (Å²) in [6.45, 7) is 7.60. The fourth-order valence-electron chi connectivity index (χ4n) is 4.31. The number of anilines is 1. The second-order valence-electron chi connectivity index (χ2n) is 8.67. The van der Waals surface area contributed by atoms with E-state index in [1.807, 2.05) is 24.3 Å². The Balaban J connectivity index is 1.37. The summed E-state index contributed by atoms with van der Waals surface area (Å²) >= 11 is 0. The van der Waals surface area contributed by atoms with Gasteiger partial charge in [-0.15, -0.1) is 0 Å². The zero-order valence-corrected chi connectivity index (χ0v) is 19.7. The van der Waals surface area contributed by atoms with Gasteiger partial charge in [0, 0.05) is 45.5 Å². The summed E-state index contributed by atoms with van der Waals surface area (Å²) in [5, 5.41) is 0. The molecule has 172 valence electrons. The third-order valence-corrected chi connectivity index (χ3v) is 8.56. The molecule has 7 nitrogen and oxygen atoms in total. The molecule has 4 rings (SSSR count). The zero-order valence-electron chi connectivity index (χ0n) is 18.9. The van der Waals surface area contributed by atoms with Crippen molar-refractivity contribution in [3.63, 3.8) is 0 Å². The van der Waals surface area contributed by atoms with Crippen molar-refractivity contribution in [1.29, 1.82) is 0 Å². The molecule has 1 aromatic heterocycles. The summed E-state index contributed by atoms with van der Waals surface area (Å²) in [6.07, 6.45) is 5.01. The van der Waals surface area contributed by atoms with Crippen LogP contribution in [0.1, 0.15) is 54.9 Å². The Bertz CT molecular complexity index is 1020. The second kappa shape index (κ2) is 9.58. The van der Waals surface area contributed by atoms with E-state index in [9.17, 15) is 13.2 Å². The molecule has 1 unspecified atom stereocenters. The number of piperazine rings is 1. The van der Waals surface area contributed by atoms with Crippen molar-refractivity contribution in [3.05, 3.63) is 53.7 Å². The van der Waals surface area contributed by atoms with Crippen LogP contribution in [0.4, 0.5) is 5.82 Å². The summed E-state index contributed by atoms with van der Waals surface area (Å²) in [7, 11) is -3.56. The average molecular weight is 457 g/mol. The number of hydrogen-bond acceptors (Lipinski definition) is 5. The molecule has 0 bridgehead atoms. The van der Waals surface area contributed by atoms with Crippen LogP contribution in [0.25, 0.3) is 0 Å². The van der Waals surface area contributed by atoms with Crippen LogP contribution in [-0.4, -0.2) is 67.8 Å². The highest BCUT2D eigenvalue weighted by Gasteiger charge is 2.30. The molecular weight excluding hydrogens is 424 g/mol. The molecule has 32 heavy (non-hydrogen) atoms. The van der Waals surface area contributed by atoms with Gasteiger partial charge in [-0.2, -0.15) is 4.31 Å². The molecule has 0 spiro atoms. The lowest BCUT2D eigenvalue weighted by atomic mass is 9.99. The smallest absolute Gasteiger partial charge is 0.255 e. The number of hydrogen-bond donors (Lipinski definition) is 0. The number of rotatable bonds is 6. The Morgan fingerprint density at radius 1 is 0.969 bits per heavy atom. The average Bonchev–Trinajstić information content (AvgIpc) is 3.38. The molecule has 2 fully saturated rings. The molecule has 0 radical (unpaired) electrons. The Kier molecular flexibility index (Phi) is 6.81. The van der Waals surface area contributed by atoms with E-state index in [0.717, 1.165) is 30.9 Å². The molecule has 2 aromatic rings. The first-order valence-corrected chi connectivity index (χ1v) is 12.9. The van der Waals surface area contributed by atoms with Crippen molar-refractivity contribution >= 4 is 21.7 Å². The molecule has 2 aliphatic rings. The van der Waals surface area contributed by atoms with Crippen LogP contribution in [0.5, 0.6) is 0 Å². The molecule has 1 amide bonds. The van der Waals surface area contributed by atoms with Gasteiger partial charge in [-0.1, -0.05) is 26.0 Å². The molecule has 2 saturated heterocycles. The molecule has 8 heteroatoms. The van der Waals surface area contributed by atoms with Crippen LogP contribution in [-0.2, 0) is 10.0 Å². The molecule has 3 heterocycles. The quantitative estimate of drug-likeness (QED) is 0.667. The monoisotopic (exact) mass is 456 g/mol. The van der Waals surface area contributed by atoms with Crippen LogP contribution in [0, 0.1) is 0 Å². The molecule has 0 saturated carbocycles. The predicted molar refractivity (Wildman–Crippen MR) is 125 cm³/mol. The van der Waals surface area contributed by atoms with E-state index in [1.54, 1.807) is 23.2 Å². The molecule has 0 aliphatic carbocycles. The minimum Gasteiger partial charge on any atom is -0.357 e. The van der Waals surface area contributed by atoms with E-state index in [0.29, 0.717) is 42.6 Å². The molecule has 1 aromatic carbocycles. The van der Waals surface area contributed by atoms with Gasteiger partial charge in [-0.3, -0.25) is 4.79 Å². The van der Waals surface area contributed by atoms with E-state index < -0.39 is 10.0 Å². The van der Waals surface area contributed by atoms with Gasteiger partial charge in [0.25, 0.3) is 5.91 Å². The number of sulfonamides is 1. The van der Waals surface area contributed by atoms with Gasteiger partial charge in [0.15, 0.2) is 0 Å². The minimum atomic E-state index is -3.56. The topological polar surface area (TPSA) is 73.8 Å². The van der Waals surface area contributed by atoms with Crippen molar-refractivity contribution in [2.24, 2.45) is 0 Å². The van der Waals surface area contributed by atoms with Crippen LogP contribution >= 0.6 is 0 Å². The highest BCUT2D eigenvalue weighted by Crippen LogP contribution is 2.24. The number of pyridine rings is 1.